The second kappa shape index (κ2) is 12.4. The first-order valence-corrected chi connectivity index (χ1v) is 13.5. The molecular formula is C28H33N3O5S. The Morgan fingerprint density at radius 3 is 2.24 bits per heavy atom. The molecule has 3 aromatic carbocycles. The summed E-state index contributed by atoms with van der Waals surface area (Å²) in [5.41, 5.74) is 2.19. The lowest BCUT2D eigenvalue weighted by molar-refractivity contribution is -0.139. The fourth-order valence-corrected chi connectivity index (χ4v) is 5.34. The Balaban J connectivity index is 1.99. The average Bonchev–Trinajstić information content (AvgIpc) is 2.90. The van der Waals surface area contributed by atoms with Gasteiger partial charge in [0.1, 0.15) is 18.3 Å². The van der Waals surface area contributed by atoms with Crippen LogP contribution in [0.2, 0.25) is 0 Å². The fraction of sp³-hybridized carbons (Fsp3) is 0.286. The first kappa shape index (κ1) is 27.7. The van der Waals surface area contributed by atoms with E-state index in [9.17, 15) is 18.0 Å². The van der Waals surface area contributed by atoms with Crippen LogP contribution in [0.15, 0.2) is 83.8 Å². The summed E-state index contributed by atoms with van der Waals surface area (Å²) >= 11 is 0. The lowest BCUT2D eigenvalue weighted by atomic mass is 10.1. The van der Waals surface area contributed by atoms with E-state index >= 15 is 0 Å². The van der Waals surface area contributed by atoms with E-state index in [0.717, 1.165) is 15.4 Å². The minimum Gasteiger partial charge on any atom is -0.494 e. The first-order valence-electron chi connectivity index (χ1n) is 12.0. The highest BCUT2D eigenvalue weighted by Gasteiger charge is 2.32. The average molecular weight is 524 g/mol. The van der Waals surface area contributed by atoms with Gasteiger partial charge in [-0.05, 0) is 62.7 Å². The molecule has 37 heavy (non-hydrogen) atoms. The van der Waals surface area contributed by atoms with Gasteiger partial charge in [-0.15, -0.1) is 0 Å². The van der Waals surface area contributed by atoms with Gasteiger partial charge in [0.05, 0.1) is 17.2 Å². The summed E-state index contributed by atoms with van der Waals surface area (Å²) in [4.78, 5) is 27.7. The molecule has 0 aromatic heterocycles. The van der Waals surface area contributed by atoms with Gasteiger partial charge in [0.2, 0.25) is 11.8 Å². The smallest absolute Gasteiger partial charge is 0.264 e. The number of hydrogen-bond donors (Lipinski definition) is 1. The van der Waals surface area contributed by atoms with Gasteiger partial charge in [-0.2, -0.15) is 0 Å². The molecule has 9 heteroatoms. The maximum atomic E-state index is 13.8. The molecule has 0 unspecified atom stereocenters. The van der Waals surface area contributed by atoms with Gasteiger partial charge in [0, 0.05) is 13.6 Å². The molecule has 0 radical (unpaired) electrons. The van der Waals surface area contributed by atoms with Gasteiger partial charge in [-0.3, -0.25) is 13.9 Å². The van der Waals surface area contributed by atoms with Crippen molar-refractivity contribution in [1.29, 1.82) is 0 Å². The summed E-state index contributed by atoms with van der Waals surface area (Å²) in [5, 5.41) is 2.58. The molecule has 0 fully saturated rings. The number of benzene rings is 3. The summed E-state index contributed by atoms with van der Waals surface area (Å²) in [6.07, 6.45) is 0. The highest BCUT2D eigenvalue weighted by atomic mass is 32.2. The van der Waals surface area contributed by atoms with Crippen LogP contribution in [0.5, 0.6) is 5.75 Å². The maximum absolute atomic E-state index is 13.8. The normalized spacial score (nSPS) is 11.9. The van der Waals surface area contributed by atoms with Crippen molar-refractivity contribution in [2.45, 2.75) is 38.3 Å². The van der Waals surface area contributed by atoms with E-state index in [0.29, 0.717) is 18.0 Å². The number of hydrogen-bond acceptors (Lipinski definition) is 5. The molecule has 0 bridgehead atoms. The van der Waals surface area contributed by atoms with Crippen molar-refractivity contribution in [2.24, 2.45) is 0 Å². The standard InChI is InChI=1S/C28H33N3O5S/c1-5-36-25-14-16-26(17-15-25)37(34,35)31(24-12-7-6-8-13-24)20-27(32)30(22(3)28(33)29-4)19-23-11-9-10-21(2)18-23/h6-18,22H,5,19-20H2,1-4H3,(H,29,33)/t22-/m1/s1. The van der Waals surface area contributed by atoms with Crippen LogP contribution in [0.3, 0.4) is 0 Å². The number of amides is 2. The predicted molar refractivity (Wildman–Crippen MR) is 144 cm³/mol. The van der Waals surface area contributed by atoms with Crippen LogP contribution in [0.1, 0.15) is 25.0 Å². The topological polar surface area (TPSA) is 96.0 Å². The van der Waals surface area contributed by atoms with E-state index in [4.69, 9.17) is 4.74 Å². The quantitative estimate of drug-likeness (QED) is 0.413. The monoisotopic (exact) mass is 523 g/mol. The molecule has 3 rings (SSSR count). The second-order valence-electron chi connectivity index (χ2n) is 8.55. The van der Waals surface area contributed by atoms with E-state index < -0.39 is 28.5 Å². The lowest BCUT2D eigenvalue weighted by Gasteiger charge is -2.31. The third-order valence-electron chi connectivity index (χ3n) is 5.89. The zero-order chi connectivity index (χ0) is 27.0. The number of anilines is 1. The number of nitrogens with one attached hydrogen (secondary N) is 1. The zero-order valence-electron chi connectivity index (χ0n) is 21.5. The number of para-hydroxylation sites is 1. The summed E-state index contributed by atoms with van der Waals surface area (Å²) in [6, 6.07) is 21.3. The molecule has 0 aliphatic carbocycles. The molecule has 0 saturated carbocycles. The van der Waals surface area contributed by atoms with Gasteiger partial charge in [0.25, 0.3) is 10.0 Å². The molecule has 1 N–H and O–H groups in total. The minimum atomic E-state index is -4.12. The Morgan fingerprint density at radius 2 is 1.65 bits per heavy atom. The van der Waals surface area contributed by atoms with Crippen LogP contribution < -0.4 is 14.4 Å². The number of nitrogens with zero attached hydrogens (tertiary/aromatic N) is 2. The van der Waals surface area contributed by atoms with Gasteiger partial charge < -0.3 is 15.0 Å². The number of rotatable bonds is 11. The Hall–Kier alpha value is -3.85. The molecule has 8 nitrogen and oxygen atoms in total. The van der Waals surface area contributed by atoms with E-state index in [2.05, 4.69) is 5.32 Å². The summed E-state index contributed by atoms with van der Waals surface area (Å²) in [6.45, 7) is 5.54. The SMILES string of the molecule is CCOc1ccc(S(=O)(=O)N(CC(=O)N(Cc2cccc(C)c2)[C@H](C)C(=O)NC)c2ccccc2)cc1. The van der Waals surface area contributed by atoms with E-state index in [-0.39, 0.29) is 17.3 Å². The largest absolute Gasteiger partial charge is 0.494 e. The van der Waals surface area contributed by atoms with Crippen LogP contribution in [-0.2, 0) is 26.2 Å². The molecule has 0 aliphatic rings. The summed E-state index contributed by atoms with van der Waals surface area (Å²) in [5.74, 6) is -0.301. The van der Waals surface area contributed by atoms with E-state index in [1.54, 1.807) is 49.4 Å². The first-order chi connectivity index (χ1) is 17.7. The molecule has 2 amide bonds. The van der Waals surface area contributed by atoms with Crippen molar-refractivity contribution in [2.75, 3.05) is 24.5 Å². The fourth-order valence-electron chi connectivity index (χ4n) is 3.92. The van der Waals surface area contributed by atoms with Crippen molar-refractivity contribution < 1.29 is 22.7 Å². The highest BCUT2D eigenvalue weighted by molar-refractivity contribution is 7.92. The van der Waals surface area contributed by atoms with Crippen LogP contribution in [-0.4, -0.2) is 51.4 Å². The minimum absolute atomic E-state index is 0.0252. The molecule has 0 aliphatic heterocycles. The number of carbonyl (C=O) groups excluding carboxylic acids is 2. The Morgan fingerprint density at radius 1 is 0.973 bits per heavy atom. The maximum Gasteiger partial charge on any atom is 0.264 e. The Kier molecular flexibility index (Phi) is 9.30. The van der Waals surface area contributed by atoms with Gasteiger partial charge in [-0.1, -0.05) is 48.0 Å². The van der Waals surface area contributed by atoms with Gasteiger partial charge >= 0.3 is 0 Å². The molecule has 0 heterocycles. The molecule has 1 atom stereocenters. The molecule has 196 valence electrons. The summed E-state index contributed by atoms with van der Waals surface area (Å²) < 4.78 is 34.0. The second-order valence-corrected chi connectivity index (χ2v) is 10.4. The number of sulfonamides is 1. The van der Waals surface area contributed by atoms with Gasteiger partial charge in [-0.25, -0.2) is 8.42 Å². The van der Waals surface area contributed by atoms with Crippen LogP contribution in [0.4, 0.5) is 5.69 Å². The van der Waals surface area contributed by atoms with Crippen molar-refractivity contribution in [1.82, 2.24) is 10.2 Å². The molecule has 0 saturated heterocycles. The van der Waals surface area contributed by atoms with Crippen LogP contribution >= 0.6 is 0 Å². The molecular weight excluding hydrogens is 490 g/mol. The summed E-state index contributed by atoms with van der Waals surface area (Å²) in [7, 11) is -2.61. The Labute approximate surface area is 218 Å². The van der Waals surface area contributed by atoms with Crippen LogP contribution in [0.25, 0.3) is 0 Å². The highest BCUT2D eigenvalue weighted by Crippen LogP contribution is 2.26. The lowest BCUT2D eigenvalue weighted by Crippen LogP contribution is -2.50. The molecule has 0 spiro atoms. The van der Waals surface area contributed by atoms with E-state index in [1.165, 1.54) is 24.1 Å². The number of aryl methyl sites for hydroxylation is 1. The van der Waals surface area contributed by atoms with Crippen molar-refractivity contribution in [3.63, 3.8) is 0 Å². The van der Waals surface area contributed by atoms with Gasteiger partial charge in [0.15, 0.2) is 0 Å². The number of ether oxygens (including phenoxy) is 1. The Bertz CT molecular complexity index is 1310. The predicted octanol–water partition coefficient (Wildman–Crippen LogP) is 3.75. The number of likely N-dealkylation sites (N-methyl/N-ethyl adjacent to an activating group) is 1. The van der Waals surface area contributed by atoms with Crippen molar-refractivity contribution in [3.05, 3.63) is 90.0 Å². The van der Waals surface area contributed by atoms with Crippen molar-refractivity contribution >= 4 is 27.5 Å². The molecule has 3 aromatic rings. The van der Waals surface area contributed by atoms with Crippen molar-refractivity contribution in [3.8, 4) is 5.75 Å². The number of carbonyl (C=O) groups is 2. The third-order valence-corrected chi connectivity index (χ3v) is 7.68. The third kappa shape index (κ3) is 6.89. The zero-order valence-corrected chi connectivity index (χ0v) is 22.4. The van der Waals surface area contributed by atoms with Crippen LogP contribution in [0, 0.1) is 6.92 Å². The van der Waals surface area contributed by atoms with E-state index in [1.807, 2.05) is 38.1 Å².